The topological polar surface area (TPSA) is 58.4 Å². The second-order valence-electron chi connectivity index (χ2n) is 7.12. The minimum atomic E-state index is -0.125. The van der Waals surface area contributed by atoms with Crippen LogP contribution in [0.1, 0.15) is 21.5 Å². The number of benzene rings is 2. The van der Waals surface area contributed by atoms with Crippen molar-refractivity contribution in [2.45, 2.75) is 13.8 Å². The molecule has 0 atom stereocenters. The summed E-state index contributed by atoms with van der Waals surface area (Å²) in [6.45, 7) is 5.14. The van der Waals surface area contributed by atoms with Gasteiger partial charge in [-0.05, 0) is 67.4 Å². The van der Waals surface area contributed by atoms with Crippen LogP contribution >= 0.6 is 0 Å². The molecule has 2 aromatic carbocycles. The quantitative estimate of drug-likeness (QED) is 0.708. The van der Waals surface area contributed by atoms with Crippen molar-refractivity contribution in [3.63, 3.8) is 0 Å². The molecular weight excluding hydrogens is 352 g/mol. The van der Waals surface area contributed by atoms with Crippen molar-refractivity contribution >= 4 is 17.5 Å². The van der Waals surface area contributed by atoms with E-state index < -0.39 is 0 Å². The van der Waals surface area contributed by atoms with Crippen LogP contribution in [0.25, 0.3) is 5.69 Å². The fourth-order valence-corrected chi connectivity index (χ4v) is 3.59. The molecule has 4 rings (SSSR count). The van der Waals surface area contributed by atoms with Gasteiger partial charge < -0.3 is 9.80 Å². The molecule has 1 aliphatic heterocycles. The highest BCUT2D eigenvalue weighted by atomic mass is 16.2. The first kappa shape index (κ1) is 18.0. The number of carbonyl (C=O) groups is 2. The lowest BCUT2D eigenvalue weighted by molar-refractivity contribution is -0.120. The van der Waals surface area contributed by atoms with Crippen molar-refractivity contribution in [2.75, 3.05) is 24.5 Å². The zero-order valence-electron chi connectivity index (χ0n) is 16.0. The smallest absolute Gasteiger partial charge is 0.254 e. The Bertz CT molecular complexity index is 989. The molecule has 6 nitrogen and oxygen atoms in total. The number of carbonyl (C=O) groups excluding carboxylic acids is 2. The van der Waals surface area contributed by atoms with Gasteiger partial charge in [-0.15, -0.1) is 0 Å². The van der Waals surface area contributed by atoms with Crippen LogP contribution in [0.3, 0.4) is 0 Å². The molecule has 0 saturated carbocycles. The molecule has 1 fully saturated rings. The fourth-order valence-electron chi connectivity index (χ4n) is 3.59. The summed E-state index contributed by atoms with van der Waals surface area (Å²) in [5, 5.41) is 4.18. The molecule has 28 heavy (non-hydrogen) atoms. The third-order valence-electron chi connectivity index (χ3n) is 4.91. The molecule has 0 N–H and O–H groups in total. The first-order valence-corrected chi connectivity index (χ1v) is 9.29. The Balaban J connectivity index is 1.46. The van der Waals surface area contributed by atoms with Gasteiger partial charge in [0.2, 0.25) is 5.91 Å². The normalized spacial score (nSPS) is 14.4. The Labute approximate surface area is 164 Å². The third kappa shape index (κ3) is 3.53. The van der Waals surface area contributed by atoms with Gasteiger partial charge in [0.05, 0.1) is 5.69 Å². The van der Waals surface area contributed by atoms with E-state index in [4.69, 9.17) is 0 Å². The number of hydrogen-bond acceptors (Lipinski definition) is 3. The number of amides is 2. The largest absolute Gasteiger partial charge is 0.328 e. The first-order valence-electron chi connectivity index (χ1n) is 9.29. The summed E-state index contributed by atoms with van der Waals surface area (Å²) in [6, 6.07) is 15.2. The lowest BCUT2D eigenvalue weighted by Crippen LogP contribution is -2.52. The molecule has 2 amide bonds. The Kier molecular flexibility index (Phi) is 4.69. The minimum absolute atomic E-state index is 0.0576. The summed E-state index contributed by atoms with van der Waals surface area (Å²) in [7, 11) is 0. The van der Waals surface area contributed by atoms with Gasteiger partial charge in [0.25, 0.3) is 5.91 Å². The minimum Gasteiger partial charge on any atom is -0.328 e. The maximum atomic E-state index is 12.8. The van der Waals surface area contributed by atoms with Crippen LogP contribution in [0.4, 0.5) is 5.69 Å². The highest BCUT2D eigenvalue weighted by Crippen LogP contribution is 2.22. The Hall–Kier alpha value is -3.41. The highest BCUT2D eigenvalue weighted by molar-refractivity contribution is 6.01. The molecule has 3 aromatic rings. The van der Waals surface area contributed by atoms with Crippen LogP contribution in [0, 0.1) is 13.8 Å². The van der Waals surface area contributed by atoms with Crippen LogP contribution in [0.2, 0.25) is 0 Å². The van der Waals surface area contributed by atoms with E-state index in [2.05, 4.69) is 11.2 Å². The van der Waals surface area contributed by atoms with Crippen molar-refractivity contribution in [3.8, 4) is 5.69 Å². The fraction of sp³-hybridized carbons (Fsp3) is 0.227. The second-order valence-corrected chi connectivity index (χ2v) is 7.12. The van der Waals surface area contributed by atoms with Crippen LogP contribution in [0.5, 0.6) is 0 Å². The van der Waals surface area contributed by atoms with E-state index in [0.717, 1.165) is 22.5 Å². The number of aryl methyl sites for hydroxylation is 2. The van der Waals surface area contributed by atoms with Crippen molar-refractivity contribution in [1.82, 2.24) is 14.7 Å². The van der Waals surface area contributed by atoms with Gasteiger partial charge in [-0.25, -0.2) is 4.68 Å². The Morgan fingerprint density at radius 1 is 0.964 bits per heavy atom. The molecular formula is C22H22N4O2. The SMILES string of the molecule is Cc1cc(C)cc(N2CCN(C(=O)c3ccc(-n4cccn4)cc3)CC2=O)c1. The average Bonchev–Trinajstić information content (AvgIpc) is 3.21. The molecule has 1 aromatic heterocycles. The summed E-state index contributed by atoms with van der Waals surface area (Å²) in [6.07, 6.45) is 3.56. The Morgan fingerprint density at radius 2 is 1.68 bits per heavy atom. The zero-order chi connectivity index (χ0) is 19.7. The van der Waals surface area contributed by atoms with Gasteiger partial charge in [0.1, 0.15) is 6.54 Å². The summed E-state index contributed by atoms with van der Waals surface area (Å²) in [4.78, 5) is 28.9. The second kappa shape index (κ2) is 7.31. The van der Waals surface area contributed by atoms with E-state index >= 15 is 0 Å². The molecule has 6 heteroatoms. The van der Waals surface area contributed by atoms with E-state index in [1.165, 1.54) is 0 Å². The number of anilines is 1. The molecule has 2 heterocycles. The summed E-state index contributed by atoms with van der Waals surface area (Å²) < 4.78 is 1.74. The molecule has 0 unspecified atom stereocenters. The molecule has 0 spiro atoms. The lowest BCUT2D eigenvalue weighted by Gasteiger charge is -2.34. The molecule has 0 aliphatic carbocycles. The maximum absolute atomic E-state index is 12.8. The van der Waals surface area contributed by atoms with Crippen molar-refractivity contribution in [2.24, 2.45) is 0 Å². The number of nitrogens with zero attached hydrogens (tertiary/aromatic N) is 4. The maximum Gasteiger partial charge on any atom is 0.254 e. The van der Waals surface area contributed by atoms with Gasteiger partial charge in [0.15, 0.2) is 0 Å². The Morgan fingerprint density at radius 3 is 2.29 bits per heavy atom. The van der Waals surface area contributed by atoms with Gasteiger partial charge in [-0.2, -0.15) is 5.10 Å². The van der Waals surface area contributed by atoms with Crippen LogP contribution < -0.4 is 4.90 Å². The van der Waals surface area contributed by atoms with Gasteiger partial charge in [-0.1, -0.05) is 6.07 Å². The lowest BCUT2D eigenvalue weighted by atomic mass is 10.1. The average molecular weight is 374 g/mol. The van der Waals surface area contributed by atoms with Crippen LogP contribution in [-0.4, -0.2) is 46.1 Å². The number of rotatable bonds is 3. The van der Waals surface area contributed by atoms with Gasteiger partial charge in [0, 0.05) is 36.7 Å². The van der Waals surface area contributed by atoms with Crippen molar-refractivity contribution < 1.29 is 9.59 Å². The standard InChI is InChI=1S/C22H22N4O2/c1-16-12-17(2)14-20(13-16)25-11-10-24(15-21(25)27)22(28)18-4-6-19(7-5-18)26-9-3-8-23-26/h3-9,12-14H,10-11,15H2,1-2H3. The summed E-state index contributed by atoms with van der Waals surface area (Å²) >= 11 is 0. The predicted octanol–water partition coefficient (Wildman–Crippen LogP) is 2.98. The predicted molar refractivity (Wildman–Crippen MR) is 108 cm³/mol. The van der Waals surface area contributed by atoms with E-state index in [-0.39, 0.29) is 18.4 Å². The van der Waals surface area contributed by atoms with Crippen molar-refractivity contribution in [1.29, 1.82) is 0 Å². The van der Waals surface area contributed by atoms with E-state index in [1.54, 1.807) is 32.8 Å². The van der Waals surface area contributed by atoms with Crippen LogP contribution in [-0.2, 0) is 4.79 Å². The number of hydrogen-bond donors (Lipinski definition) is 0. The molecule has 1 saturated heterocycles. The molecule has 1 aliphatic rings. The molecule has 0 bridgehead atoms. The number of aromatic nitrogens is 2. The summed E-state index contributed by atoms with van der Waals surface area (Å²) in [5.41, 5.74) is 4.61. The van der Waals surface area contributed by atoms with Gasteiger partial charge in [-0.3, -0.25) is 9.59 Å². The first-order chi connectivity index (χ1) is 13.5. The van der Waals surface area contributed by atoms with E-state index in [1.807, 2.05) is 50.4 Å². The molecule has 0 radical (unpaired) electrons. The third-order valence-corrected chi connectivity index (χ3v) is 4.91. The van der Waals surface area contributed by atoms with E-state index in [9.17, 15) is 9.59 Å². The van der Waals surface area contributed by atoms with Crippen molar-refractivity contribution in [3.05, 3.63) is 77.6 Å². The highest BCUT2D eigenvalue weighted by Gasteiger charge is 2.28. The number of piperazine rings is 1. The van der Waals surface area contributed by atoms with E-state index in [0.29, 0.717) is 18.7 Å². The summed E-state index contributed by atoms with van der Waals surface area (Å²) in [5.74, 6) is -0.182. The van der Waals surface area contributed by atoms with Crippen LogP contribution in [0.15, 0.2) is 60.9 Å². The van der Waals surface area contributed by atoms with Gasteiger partial charge >= 0.3 is 0 Å². The molecule has 142 valence electrons. The monoisotopic (exact) mass is 374 g/mol. The zero-order valence-corrected chi connectivity index (χ0v) is 16.0.